The molecule has 1 saturated carbocycles. The van der Waals surface area contributed by atoms with Crippen molar-refractivity contribution >= 4 is 39.0 Å². The number of ether oxygens (including phenoxy) is 2. The number of β-amino-alcohol motifs (C(OH)–C–C–N with tert-alkyl or cyclic N) is 1. The first kappa shape index (κ1) is 27.7. The molecule has 1 aromatic carbocycles. The molecule has 1 aliphatic carbocycles. The molecule has 5 rings (SSSR count). The van der Waals surface area contributed by atoms with Crippen molar-refractivity contribution in [2.75, 3.05) is 38.6 Å². The Morgan fingerprint density at radius 1 is 1.21 bits per heavy atom. The zero-order valence-electron chi connectivity index (χ0n) is 22.4. The summed E-state index contributed by atoms with van der Waals surface area (Å²) in [5.74, 6) is 0.458. The summed E-state index contributed by atoms with van der Waals surface area (Å²) in [7, 11) is 1.73. The minimum absolute atomic E-state index is 0.0158. The van der Waals surface area contributed by atoms with Crippen molar-refractivity contribution in [3.05, 3.63) is 40.8 Å². The minimum Gasteiger partial charge on any atom is -0.488 e. The number of benzene rings is 1. The Hall–Kier alpha value is -2.86. The lowest BCUT2D eigenvalue weighted by Crippen LogP contribution is -2.29. The van der Waals surface area contributed by atoms with Crippen LogP contribution in [0.1, 0.15) is 53.8 Å². The fraction of sp³-hybridized carbons (Fsp3) is 0.536. The number of thiophene rings is 1. The molecule has 0 bridgehead atoms. The fourth-order valence-corrected chi connectivity index (χ4v) is 6.44. The molecule has 3 aromatic rings. The maximum absolute atomic E-state index is 14.2. The van der Waals surface area contributed by atoms with Gasteiger partial charge in [-0.05, 0) is 69.7 Å². The third kappa shape index (κ3) is 6.66. The fourth-order valence-electron chi connectivity index (χ4n) is 5.37. The zero-order chi connectivity index (χ0) is 27.4. The molecule has 210 valence electrons. The van der Waals surface area contributed by atoms with Crippen LogP contribution >= 0.6 is 11.3 Å². The van der Waals surface area contributed by atoms with E-state index in [-0.39, 0.29) is 30.0 Å². The van der Waals surface area contributed by atoms with Crippen molar-refractivity contribution < 1.29 is 23.8 Å². The predicted octanol–water partition coefficient (Wildman–Crippen LogP) is 4.41. The molecule has 0 radical (unpaired) electrons. The van der Waals surface area contributed by atoms with Gasteiger partial charge >= 0.3 is 0 Å². The van der Waals surface area contributed by atoms with Crippen molar-refractivity contribution in [3.63, 3.8) is 0 Å². The Morgan fingerprint density at radius 3 is 2.74 bits per heavy atom. The quantitative estimate of drug-likeness (QED) is 0.315. The van der Waals surface area contributed by atoms with Crippen molar-refractivity contribution in [3.8, 4) is 5.75 Å². The highest BCUT2D eigenvalue weighted by atomic mass is 32.1. The molecule has 1 saturated heterocycles. The molecule has 1 unspecified atom stereocenters. The largest absolute Gasteiger partial charge is 0.488 e. The normalized spacial score (nSPS) is 21.8. The monoisotopic (exact) mass is 557 g/mol. The topological polar surface area (TPSA) is 109 Å². The molecule has 3 heterocycles. The van der Waals surface area contributed by atoms with E-state index in [2.05, 4.69) is 25.5 Å². The number of nitrogens with zero attached hydrogens (tertiary/aromatic N) is 3. The molecule has 2 aromatic heterocycles. The summed E-state index contributed by atoms with van der Waals surface area (Å²) in [6.45, 7) is 4.89. The Balaban J connectivity index is 1.28. The van der Waals surface area contributed by atoms with E-state index in [1.54, 1.807) is 13.2 Å². The molecular formula is C28H36FN5O4S. The molecule has 39 heavy (non-hydrogen) atoms. The summed E-state index contributed by atoms with van der Waals surface area (Å²) < 4.78 is 25.9. The van der Waals surface area contributed by atoms with Crippen molar-refractivity contribution in [1.29, 1.82) is 0 Å². The van der Waals surface area contributed by atoms with E-state index in [4.69, 9.17) is 9.47 Å². The van der Waals surface area contributed by atoms with Gasteiger partial charge in [0, 0.05) is 32.8 Å². The number of fused-ring (bicyclic) bond motifs is 1. The molecule has 1 aliphatic heterocycles. The van der Waals surface area contributed by atoms with Crippen molar-refractivity contribution in [2.45, 2.75) is 63.8 Å². The Kier molecular flexibility index (Phi) is 8.91. The molecule has 9 nitrogen and oxygen atoms in total. The third-order valence-electron chi connectivity index (χ3n) is 7.56. The number of aliphatic hydroxyl groups is 1. The van der Waals surface area contributed by atoms with Crippen LogP contribution in [-0.4, -0.2) is 77.5 Å². The van der Waals surface area contributed by atoms with Crippen molar-refractivity contribution in [1.82, 2.24) is 20.2 Å². The number of hydrogen-bond donors (Lipinski definition) is 3. The van der Waals surface area contributed by atoms with E-state index in [0.717, 1.165) is 62.6 Å². The second kappa shape index (κ2) is 12.5. The van der Waals surface area contributed by atoms with Crippen LogP contribution in [0.4, 0.5) is 15.9 Å². The molecule has 0 spiro atoms. The molecule has 11 heteroatoms. The lowest BCUT2D eigenvalue weighted by Gasteiger charge is -2.28. The number of carbonyl (C=O) groups is 1. The van der Waals surface area contributed by atoms with Crippen LogP contribution in [0.5, 0.6) is 5.75 Å². The molecule has 2 aliphatic rings. The number of hydrogen-bond acceptors (Lipinski definition) is 9. The second-order valence-corrected chi connectivity index (χ2v) is 11.3. The predicted molar refractivity (Wildman–Crippen MR) is 150 cm³/mol. The van der Waals surface area contributed by atoms with Crippen LogP contribution in [0.3, 0.4) is 0 Å². The SMILES string of the molecule is CO[C@H]1CC[C@H](Oc2cc(F)ccc2Nc2ncnc3sc(C(=O)NCCCN4CCC(O)C4)c(C)c23)CC1. The molecule has 1 amide bonds. The summed E-state index contributed by atoms with van der Waals surface area (Å²) in [6.07, 6.45) is 6.58. The van der Waals surface area contributed by atoms with E-state index in [1.165, 1.54) is 29.8 Å². The van der Waals surface area contributed by atoms with Gasteiger partial charge in [0.2, 0.25) is 0 Å². The number of anilines is 2. The Morgan fingerprint density at radius 2 is 2.00 bits per heavy atom. The van der Waals surface area contributed by atoms with Gasteiger partial charge in [-0.1, -0.05) is 0 Å². The molecule has 2 fully saturated rings. The van der Waals surface area contributed by atoms with Crippen LogP contribution in [-0.2, 0) is 4.74 Å². The number of aryl methyl sites for hydroxylation is 1. The highest BCUT2D eigenvalue weighted by Gasteiger charge is 2.24. The molecule has 3 N–H and O–H groups in total. The summed E-state index contributed by atoms with van der Waals surface area (Å²) in [5, 5.41) is 16.8. The summed E-state index contributed by atoms with van der Waals surface area (Å²) in [6, 6.07) is 4.43. The smallest absolute Gasteiger partial charge is 0.261 e. The highest BCUT2D eigenvalue weighted by molar-refractivity contribution is 7.20. The maximum Gasteiger partial charge on any atom is 0.261 e. The number of aliphatic hydroxyl groups excluding tert-OH is 1. The van der Waals surface area contributed by atoms with E-state index < -0.39 is 0 Å². The zero-order valence-corrected chi connectivity index (χ0v) is 23.2. The van der Waals surface area contributed by atoms with Crippen LogP contribution in [0.15, 0.2) is 24.5 Å². The second-order valence-electron chi connectivity index (χ2n) is 10.3. The van der Waals surface area contributed by atoms with Gasteiger partial charge in [-0.3, -0.25) is 4.79 Å². The van der Waals surface area contributed by atoms with Crippen LogP contribution in [0.2, 0.25) is 0 Å². The Bertz CT molecular complexity index is 1300. The summed E-state index contributed by atoms with van der Waals surface area (Å²) in [4.78, 5) is 25.4. The van der Waals surface area contributed by atoms with Crippen LogP contribution in [0, 0.1) is 12.7 Å². The molecular weight excluding hydrogens is 521 g/mol. The van der Waals surface area contributed by atoms with E-state index in [9.17, 15) is 14.3 Å². The van der Waals surface area contributed by atoms with Gasteiger partial charge in [-0.2, -0.15) is 0 Å². The first-order valence-electron chi connectivity index (χ1n) is 13.6. The summed E-state index contributed by atoms with van der Waals surface area (Å²) >= 11 is 1.33. The highest BCUT2D eigenvalue weighted by Crippen LogP contribution is 2.37. The van der Waals surface area contributed by atoms with Gasteiger partial charge < -0.3 is 30.1 Å². The maximum atomic E-state index is 14.2. The van der Waals surface area contributed by atoms with Gasteiger partial charge in [0.15, 0.2) is 0 Å². The van der Waals surface area contributed by atoms with Crippen LogP contribution in [0.25, 0.3) is 10.2 Å². The van der Waals surface area contributed by atoms with E-state index in [1.807, 2.05) is 6.92 Å². The van der Waals surface area contributed by atoms with Gasteiger partial charge in [0.05, 0.1) is 34.3 Å². The van der Waals surface area contributed by atoms with Gasteiger partial charge in [0.25, 0.3) is 5.91 Å². The average Bonchev–Trinajstić information content (AvgIpc) is 3.51. The third-order valence-corrected chi connectivity index (χ3v) is 8.76. The molecule has 1 atom stereocenters. The van der Waals surface area contributed by atoms with Gasteiger partial charge in [-0.15, -0.1) is 11.3 Å². The number of halogens is 1. The number of carbonyl (C=O) groups excluding carboxylic acids is 1. The van der Waals surface area contributed by atoms with Crippen molar-refractivity contribution in [2.24, 2.45) is 0 Å². The first-order valence-corrected chi connectivity index (χ1v) is 14.4. The number of rotatable bonds is 10. The van der Waals surface area contributed by atoms with E-state index in [0.29, 0.717) is 40.1 Å². The summed E-state index contributed by atoms with van der Waals surface area (Å²) in [5.41, 5.74) is 1.40. The number of methoxy groups -OCH3 is 1. The number of amides is 1. The number of likely N-dealkylation sites (tertiary alicyclic amines) is 1. The van der Waals surface area contributed by atoms with Gasteiger partial charge in [-0.25, -0.2) is 14.4 Å². The first-order chi connectivity index (χ1) is 18.9. The minimum atomic E-state index is -0.374. The Labute approximate surface area is 231 Å². The van der Waals surface area contributed by atoms with Gasteiger partial charge in [0.1, 0.15) is 28.5 Å². The number of aromatic nitrogens is 2. The standard InChI is InChI=1S/C28H36FN5O4S/c1-17-24-26(33-22-9-4-18(29)14-23(22)38-21-7-5-20(37-2)6-8-21)31-16-32-28(24)39-25(17)27(36)30-11-3-12-34-13-10-19(35)15-34/h4,9,14,16,19-21,35H,3,5-8,10-13,15H2,1-2H3,(H,30,36)(H,31,32,33)/t19?,20-,21-. The van der Waals surface area contributed by atoms with Crippen LogP contribution < -0.4 is 15.4 Å². The lowest BCUT2D eigenvalue weighted by atomic mass is 9.95. The number of nitrogens with one attached hydrogen (secondary N) is 2. The lowest BCUT2D eigenvalue weighted by molar-refractivity contribution is 0.0329. The van der Waals surface area contributed by atoms with E-state index >= 15 is 0 Å². The average molecular weight is 558 g/mol.